The quantitative estimate of drug-likeness (QED) is 0.781. The molecule has 0 aromatic heterocycles. The lowest BCUT2D eigenvalue weighted by Crippen LogP contribution is -2.36. The smallest absolute Gasteiger partial charge is 0.252 e. The van der Waals surface area contributed by atoms with Gasteiger partial charge in [-0.1, -0.05) is 49.4 Å². The Bertz CT molecular complexity index is 568. The van der Waals surface area contributed by atoms with Crippen molar-refractivity contribution in [3.05, 3.63) is 69.3 Å². The van der Waals surface area contributed by atoms with Crippen molar-refractivity contribution >= 4 is 28.5 Å². The van der Waals surface area contributed by atoms with E-state index in [1.54, 1.807) is 0 Å². The number of carbonyl (C=O) groups is 1. The van der Waals surface area contributed by atoms with Crippen LogP contribution in [0.25, 0.3) is 0 Å². The molecule has 3 heteroatoms. The first-order chi connectivity index (χ1) is 9.70. The van der Waals surface area contributed by atoms with Gasteiger partial charge in [-0.2, -0.15) is 0 Å². The van der Waals surface area contributed by atoms with Crippen molar-refractivity contribution in [2.75, 3.05) is 0 Å². The molecule has 2 nitrogen and oxygen atoms in total. The molecule has 0 saturated carbocycles. The summed E-state index contributed by atoms with van der Waals surface area (Å²) in [7, 11) is 0. The van der Waals surface area contributed by atoms with Gasteiger partial charge >= 0.3 is 0 Å². The van der Waals surface area contributed by atoms with Crippen LogP contribution in [0.3, 0.4) is 0 Å². The number of rotatable bonds is 5. The Kier molecular flexibility index (Phi) is 5.59. The standard InChI is InChI=1S/C17H18INO/c1-2-14(12-13-8-4-3-5-9-13)19-17(20)15-10-6-7-11-16(15)18/h3-11,14H,2,12H2,1H3,(H,19,20)/t14-/m1/s1. The van der Waals surface area contributed by atoms with E-state index in [0.717, 1.165) is 22.0 Å². The third kappa shape index (κ3) is 4.07. The minimum atomic E-state index is 0.0118. The molecular formula is C17H18INO. The van der Waals surface area contributed by atoms with Crippen molar-refractivity contribution in [1.29, 1.82) is 0 Å². The predicted octanol–water partition coefficient (Wildman–Crippen LogP) is 4.04. The maximum atomic E-state index is 12.3. The van der Waals surface area contributed by atoms with Crippen molar-refractivity contribution in [2.24, 2.45) is 0 Å². The third-order valence-electron chi connectivity index (χ3n) is 3.27. The lowest BCUT2D eigenvalue weighted by Gasteiger charge is -2.17. The molecule has 0 spiro atoms. The van der Waals surface area contributed by atoms with Crippen molar-refractivity contribution in [3.63, 3.8) is 0 Å². The topological polar surface area (TPSA) is 29.1 Å². The van der Waals surface area contributed by atoms with Gasteiger partial charge in [0.25, 0.3) is 5.91 Å². The van der Waals surface area contributed by atoms with E-state index in [2.05, 4.69) is 47.0 Å². The molecule has 0 radical (unpaired) electrons. The van der Waals surface area contributed by atoms with Crippen LogP contribution >= 0.6 is 22.6 Å². The van der Waals surface area contributed by atoms with Gasteiger partial charge in [0, 0.05) is 9.61 Å². The summed E-state index contributed by atoms with van der Waals surface area (Å²) >= 11 is 2.20. The number of nitrogens with one attached hydrogen (secondary N) is 1. The van der Waals surface area contributed by atoms with Gasteiger partial charge in [-0.15, -0.1) is 0 Å². The molecule has 2 rings (SSSR count). The molecule has 0 unspecified atom stereocenters. The Hall–Kier alpha value is -1.36. The second kappa shape index (κ2) is 7.43. The van der Waals surface area contributed by atoms with Gasteiger partial charge in [0.1, 0.15) is 0 Å². The molecule has 0 heterocycles. The maximum absolute atomic E-state index is 12.3. The van der Waals surface area contributed by atoms with Crippen LogP contribution in [0, 0.1) is 3.57 Å². The lowest BCUT2D eigenvalue weighted by molar-refractivity contribution is 0.0935. The van der Waals surface area contributed by atoms with Crippen LogP contribution in [0.1, 0.15) is 29.3 Å². The molecule has 0 bridgehead atoms. The van der Waals surface area contributed by atoms with E-state index in [9.17, 15) is 4.79 Å². The van der Waals surface area contributed by atoms with Crippen LogP contribution in [-0.4, -0.2) is 11.9 Å². The molecule has 1 atom stereocenters. The van der Waals surface area contributed by atoms with Gasteiger partial charge in [0.05, 0.1) is 5.56 Å². The number of amides is 1. The Morgan fingerprint density at radius 3 is 2.40 bits per heavy atom. The van der Waals surface area contributed by atoms with E-state index in [-0.39, 0.29) is 11.9 Å². The normalized spacial score (nSPS) is 11.9. The number of halogens is 1. The van der Waals surface area contributed by atoms with Crippen LogP contribution in [-0.2, 0) is 6.42 Å². The predicted molar refractivity (Wildman–Crippen MR) is 90.9 cm³/mol. The van der Waals surface area contributed by atoms with E-state index in [4.69, 9.17) is 0 Å². The van der Waals surface area contributed by atoms with Crippen LogP contribution in [0.15, 0.2) is 54.6 Å². The van der Waals surface area contributed by atoms with E-state index in [1.165, 1.54) is 5.56 Å². The first-order valence-corrected chi connectivity index (χ1v) is 7.88. The fourth-order valence-electron chi connectivity index (χ4n) is 2.10. The molecule has 2 aromatic rings. The largest absolute Gasteiger partial charge is 0.349 e. The molecule has 0 aliphatic rings. The van der Waals surface area contributed by atoms with Crippen LogP contribution in [0.2, 0.25) is 0 Å². The van der Waals surface area contributed by atoms with E-state index >= 15 is 0 Å². The van der Waals surface area contributed by atoms with Gasteiger partial charge < -0.3 is 5.32 Å². The summed E-state index contributed by atoms with van der Waals surface area (Å²) in [5, 5.41) is 3.13. The summed E-state index contributed by atoms with van der Waals surface area (Å²) in [5.41, 5.74) is 2.00. The molecular weight excluding hydrogens is 361 g/mol. The Morgan fingerprint density at radius 1 is 1.10 bits per heavy atom. The summed E-state index contributed by atoms with van der Waals surface area (Å²) in [6, 6.07) is 18.1. The monoisotopic (exact) mass is 379 g/mol. The minimum absolute atomic E-state index is 0.0118. The molecule has 1 N–H and O–H groups in total. The van der Waals surface area contributed by atoms with Gasteiger partial charge in [-0.05, 0) is 53.1 Å². The first-order valence-electron chi connectivity index (χ1n) is 6.80. The molecule has 1 amide bonds. The molecule has 0 aliphatic heterocycles. The fourth-order valence-corrected chi connectivity index (χ4v) is 2.74. The molecule has 0 fully saturated rings. The number of carbonyl (C=O) groups excluding carboxylic acids is 1. The lowest BCUT2D eigenvalue weighted by atomic mass is 10.0. The number of hydrogen-bond acceptors (Lipinski definition) is 1. The van der Waals surface area contributed by atoms with Crippen molar-refractivity contribution in [2.45, 2.75) is 25.8 Å². The van der Waals surface area contributed by atoms with Gasteiger partial charge in [-0.25, -0.2) is 0 Å². The summed E-state index contributed by atoms with van der Waals surface area (Å²) in [4.78, 5) is 12.3. The van der Waals surface area contributed by atoms with Crippen molar-refractivity contribution in [1.82, 2.24) is 5.32 Å². The maximum Gasteiger partial charge on any atom is 0.252 e. The van der Waals surface area contributed by atoms with Gasteiger partial charge in [0.15, 0.2) is 0 Å². The van der Waals surface area contributed by atoms with Crippen LogP contribution in [0.5, 0.6) is 0 Å². The average molecular weight is 379 g/mol. The summed E-state index contributed by atoms with van der Waals surface area (Å²) in [5.74, 6) is 0.0118. The molecule has 2 aromatic carbocycles. The fraction of sp³-hybridized carbons (Fsp3) is 0.235. The zero-order valence-electron chi connectivity index (χ0n) is 11.5. The number of benzene rings is 2. The summed E-state index contributed by atoms with van der Waals surface area (Å²) < 4.78 is 0.983. The summed E-state index contributed by atoms with van der Waals surface area (Å²) in [6.45, 7) is 2.10. The average Bonchev–Trinajstić information content (AvgIpc) is 2.48. The highest BCUT2D eigenvalue weighted by Gasteiger charge is 2.14. The molecule has 0 aliphatic carbocycles. The zero-order valence-corrected chi connectivity index (χ0v) is 13.6. The van der Waals surface area contributed by atoms with Crippen molar-refractivity contribution in [3.8, 4) is 0 Å². The first kappa shape index (κ1) is 15.0. The van der Waals surface area contributed by atoms with Crippen LogP contribution < -0.4 is 5.32 Å². The van der Waals surface area contributed by atoms with Crippen molar-refractivity contribution < 1.29 is 4.79 Å². The minimum Gasteiger partial charge on any atom is -0.349 e. The zero-order chi connectivity index (χ0) is 14.4. The second-order valence-corrected chi connectivity index (χ2v) is 5.91. The van der Waals surface area contributed by atoms with E-state index in [1.807, 2.05) is 42.5 Å². The SMILES string of the molecule is CC[C@H](Cc1ccccc1)NC(=O)c1ccccc1I. The van der Waals surface area contributed by atoms with Crippen LogP contribution in [0.4, 0.5) is 0 Å². The molecule has 0 saturated heterocycles. The Morgan fingerprint density at radius 2 is 1.75 bits per heavy atom. The van der Waals surface area contributed by atoms with Gasteiger partial charge in [-0.3, -0.25) is 4.79 Å². The second-order valence-electron chi connectivity index (χ2n) is 4.75. The van der Waals surface area contributed by atoms with E-state index < -0.39 is 0 Å². The molecule has 20 heavy (non-hydrogen) atoms. The Labute approximate surface area is 133 Å². The number of hydrogen-bond donors (Lipinski definition) is 1. The Balaban J connectivity index is 2.03. The summed E-state index contributed by atoms with van der Waals surface area (Å²) in [6.07, 6.45) is 1.79. The third-order valence-corrected chi connectivity index (χ3v) is 4.21. The van der Waals surface area contributed by atoms with E-state index in [0.29, 0.717) is 0 Å². The highest BCUT2D eigenvalue weighted by atomic mass is 127. The molecule has 104 valence electrons. The highest BCUT2D eigenvalue weighted by Crippen LogP contribution is 2.12. The highest BCUT2D eigenvalue weighted by molar-refractivity contribution is 14.1. The van der Waals surface area contributed by atoms with Gasteiger partial charge in [0.2, 0.25) is 0 Å².